The van der Waals surface area contributed by atoms with Crippen LogP contribution in [0.1, 0.15) is 38.9 Å². The second-order valence-corrected chi connectivity index (χ2v) is 7.00. The predicted molar refractivity (Wildman–Crippen MR) is 117 cm³/mol. The van der Waals surface area contributed by atoms with E-state index in [9.17, 15) is 9.59 Å². The van der Waals surface area contributed by atoms with Gasteiger partial charge in [-0.2, -0.15) is 5.10 Å². The summed E-state index contributed by atoms with van der Waals surface area (Å²) in [6.07, 6.45) is 8.39. The molecule has 4 aromatic rings. The minimum absolute atomic E-state index is 0.195. The van der Waals surface area contributed by atoms with Crippen molar-refractivity contribution in [2.75, 3.05) is 6.61 Å². The number of carbonyl (C=O) groups excluding carboxylic acids is 2. The molecule has 3 aromatic heterocycles. The molecular formula is C23H22N6O3. The Hall–Kier alpha value is -4.27. The molecule has 0 unspecified atom stereocenters. The number of hydrogen-bond donors (Lipinski definition) is 1. The third-order valence-electron chi connectivity index (χ3n) is 4.91. The molecule has 0 radical (unpaired) electrons. The van der Waals surface area contributed by atoms with Gasteiger partial charge in [-0.15, -0.1) is 0 Å². The van der Waals surface area contributed by atoms with Crippen molar-refractivity contribution in [1.29, 1.82) is 0 Å². The highest BCUT2D eigenvalue weighted by molar-refractivity contribution is 5.94. The number of nitrogens with zero attached hydrogens (tertiary/aromatic N) is 5. The van der Waals surface area contributed by atoms with Crippen molar-refractivity contribution in [3.8, 4) is 11.5 Å². The van der Waals surface area contributed by atoms with E-state index in [2.05, 4.69) is 20.4 Å². The topological polar surface area (TPSA) is 104 Å². The van der Waals surface area contributed by atoms with Crippen LogP contribution in [0.15, 0.2) is 67.5 Å². The fourth-order valence-electron chi connectivity index (χ4n) is 3.19. The van der Waals surface area contributed by atoms with E-state index >= 15 is 0 Å². The first kappa shape index (κ1) is 21.0. The minimum Gasteiger partial charge on any atom is -0.462 e. The van der Waals surface area contributed by atoms with Crippen molar-refractivity contribution in [3.63, 3.8) is 0 Å². The number of carbonyl (C=O) groups is 2. The molecule has 1 N–H and O–H groups in total. The molecule has 162 valence electrons. The highest BCUT2D eigenvalue weighted by atomic mass is 16.5. The van der Waals surface area contributed by atoms with Gasteiger partial charge in [-0.3, -0.25) is 9.36 Å². The molecular weight excluding hydrogens is 408 g/mol. The van der Waals surface area contributed by atoms with Crippen LogP contribution in [-0.2, 0) is 11.3 Å². The van der Waals surface area contributed by atoms with Crippen LogP contribution in [0.2, 0.25) is 0 Å². The molecule has 0 aliphatic heterocycles. The molecule has 0 spiro atoms. The average molecular weight is 430 g/mol. The molecule has 0 bridgehead atoms. The van der Waals surface area contributed by atoms with Gasteiger partial charge in [0.1, 0.15) is 17.7 Å². The molecule has 0 atom stereocenters. The molecule has 0 saturated heterocycles. The Morgan fingerprint density at radius 2 is 1.91 bits per heavy atom. The maximum absolute atomic E-state index is 12.5. The van der Waals surface area contributed by atoms with E-state index in [1.54, 1.807) is 66.1 Å². The van der Waals surface area contributed by atoms with Crippen molar-refractivity contribution >= 4 is 11.9 Å². The number of esters is 1. The summed E-state index contributed by atoms with van der Waals surface area (Å²) in [4.78, 5) is 32.9. The second-order valence-electron chi connectivity index (χ2n) is 7.00. The summed E-state index contributed by atoms with van der Waals surface area (Å²) in [7, 11) is 0. The summed E-state index contributed by atoms with van der Waals surface area (Å²) >= 11 is 0. The lowest BCUT2D eigenvalue weighted by Gasteiger charge is -2.08. The minimum atomic E-state index is -0.403. The summed E-state index contributed by atoms with van der Waals surface area (Å²) in [5, 5.41) is 7.16. The zero-order valence-corrected chi connectivity index (χ0v) is 17.7. The lowest BCUT2D eigenvalue weighted by Crippen LogP contribution is -2.22. The SMILES string of the molecule is CCOC(=O)c1cnn(-c2ccc(C(=O)NCc3ccc(-n4ccnc4)nc3)cc2)c1C. The molecule has 0 saturated carbocycles. The van der Waals surface area contributed by atoms with Gasteiger partial charge in [0, 0.05) is 30.7 Å². The van der Waals surface area contributed by atoms with Gasteiger partial charge in [-0.05, 0) is 49.7 Å². The Morgan fingerprint density at radius 1 is 1.09 bits per heavy atom. The molecule has 1 aromatic carbocycles. The van der Waals surface area contributed by atoms with E-state index in [1.807, 2.05) is 18.3 Å². The number of aromatic nitrogens is 5. The zero-order chi connectivity index (χ0) is 22.5. The molecule has 9 nitrogen and oxygen atoms in total. The van der Waals surface area contributed by atoms with E-state index in [-0.39, 0.29) is 5.91 Å². The van der Waals surface area contributed by atoms with Crippen LogP contribution in [-0.4, -0.2) is 42.8 Å². The molecule has 32 heavy (non-hydrogen) atoms. The maximum Gasteiger partial charge on any atom is 0.341 e. The summed E-state index contributed by atoms with van der Waals surface area (Å²) < 4.78 is 8.49. The van der Waals surface area contributed by atoms with Crippen LogP contribution >= 0.6 is 0 Å². The lowest BCUT2D eigenvalue weighted by atomic mass is 10.2. The molecule has 9 heteroatoms. The molecule has 4 rings (SSSR count). The third-order valence-corrected chi connectivity index (χ3v) is 4.91. The number of nitrogens with one attached hydrogen (secondary N) is 1. The van der Waals surface area contributed by atoms with E-state index in [0.29, 0.717) is 30.0 Å². The fourth-order valence-corrected chi connectivity index (χ4v) is 3.19. The Kier molecular flexibility index (Phi) is 6.07. The first-order chi connectivity index (χ1) is 15.6. The molecule has 0 aliphatic rings. The first-order valence-corrected chi connectivity index (χ1v) is 10.1. The van der Waals surface area contributed by atoms with Crippen molar-refractivity contribution < 1.29 is 14.3 Å². The number of ether oxygens (including phenoxy) is 1. The van der Waals surface area contributed by atoms with Crippen LogP contribution in [0.4, 0.5) is 0 Å². The van der Waals surface area contributed by atoms with Crippen LogP contribution in [0.3, 0.4) is 0 Å². The van der Waals surface area contributed by atoms with Crippen molar-refractivity contribution in [2.45, 2.75) is 20.4 Å². The summed E-state index contributed by atoms with van der Waals surface area (Å²) in [5.74, 6) is 0.160. The monoisotopic (exact) mass is 430 g/mol. The number of rotatable bonds is 7. The number of hydrogen-bond acceptors (Lipinski definition) is 6. The van der Waals surface area contributed by atoms with Crippen LogP contribution in [0.5, 0.6) is 0 Å². The van der Waals surface area contributed by atoms with Gasteiger partial charge in [0.15, 0.2) is 0 Å². The van der Waals surface area contributed by atoms with Crippen LogP contribution < -0.4 is 5.32 Å². The van der Waals surface area contributed by atoms with E-state index < -0.39 is 5.97 Å². The first-order valence-electron chi connectivity index (χ1n) is 10.1. The summed E-state index contributed by atoms with van der Waals surface area (Å²) in [5.41, 5.74) is 3.24. The maximum atomic E-state index is 12.5. The average Bonchev–Trinajstić information content (AvgIpc) is 3.48. The normalized spacial score (nSPS) is 10.7. The van der Waals surface area contributed by atoms with Gasteiger partial charge < -0.3 is 10.1 Å². The highest BCUT2D eigenvalue weighted by Crippen LogP contribution is 2.16. The Balaban J connectivity index is 1.39. The van der Waals surface area contributed by atoms with E-state index in [4.69, 9.17) is 4.74 Å². The Labute approximate surface area is 184 Å². The fraction of sp³-hybridized carbons (Fsp3) is 0.174. The van der Waals surface area contributed by atoms with Crippen molar-refractivity contribution in [2.24, 2.45) is 0 Å². The van der Waals surface area contributed by atoms with Gasteiger partial charge in [-0.1, -0.05) is 6.07 Å². The number of pyridine rings is 1. The third kappa shape index (κ3) is 4.41. The molecule has 3 heterocycles. The molecule has 0 aliphatic carbocycles. The van der Waals surface area contributed by atoms with Crippen LogP contribution in [0, 0.1) is 6.92 Å². The van der Waals surface area contributed by atoms with Crippen molar-refractivity contribution in [3.05, 3.63) is 89.9 Å². The van der Waals surface area contributed by atoms with Gasteiger partial charge in [0.05, 0.1) is 24.2 Å². The smallest absolute Gasteiger partial charge is 0.341 e. The van der Waals surface area contributed by atoms with Crippen molar-refractivity contribution in [1.82, 2.24) is 29.6 Å². The van der Waals surface area contributed by atoms with E-state index in [1.165, 1.54) is 6.20 Å². The number of amides is 1. The summed E-state index contributed by atoms with van der Waals surface area (Å²) in [6.45, 7) is 4.22. The largest absolute Gasteiger partial charge is 0.462 e. The quantitative estimate of drug-likeness (QED) is 0.452. The highest BCUT2D eigenvalue weighted by Gasteiger charge is 2.16. The molecule has 1 amide bonds. The Bertz CT molecular complexity index is 1210. The van der Waals surface area contributed by atoms with Crippen LogP contribution in [0.25, 0.3) is 11.5 Å². The second kappa shape index (κ2) is 9.25. The molecule has 0 fully saturated rings. The summed E-state index contributed by atoms with van der Waals surface area (Å²) in [6, 6.07) is 10.8. The number of benzene rings is 1. The van der Waals surface area contributed by atoms with Gasteiger partial charge in [0.25, 0.3) is 5.91 Å². The standard InChI is InChI=1S/C23H22N6O3/c1-3-32-23(31)20-14-27-29(16(20)2)19-7-5-18(6-8-19)22(30)26-13-17-4-9-21(25-12-17)28-11-10-24-15-28/h4-12,14-15H,3,13H2,1-2H3,(H,26,30). The van der Waals surface area contributed by atoms with Gasteiger partial charge in [-0.25, -0.2) is 19.4 Å². The van der Waals surface area contributed by atoms with E-state index in [0.717, 1.165) is 17.1 Å². The van der Waals surface area contributed by atoms with Gasteiger partial charge >= 0.3 is 5.97 Å². The van der Waals surface area contributed by atoms with Gasteiger partial charge in [0.2, 0.25) is 0 Å². The predicted octanol–water partition coefficient (Wildman–Crippen LogP) is 2.87. The Morgan fingerprint density at radius 3 is 2.56 bits per heavy atom. The zero-order valence-electron chi connectivity index (χ0n) is 17.7. The number of imidazole rings is 1. The lowest BCUT2D eigenvalue weighted by molar-refractivity contribution is 0.0525.